The topological polar surface area (TPSA) is 57.4 Å². The fourth-order valence-electron chi connectivity index (χ4n) is 2.96. The second kappa shape index (κ2) is 6.92. The van der Waals surface area contributed by atoms with Crippen LogP contribution in [0.2, 0.25) is 0 Å². The molecule has 0 saturated heterocycles. The highest BCUT2D eigenvalue weighted by molar-refractivity contribution is 5.62. The van der Waals surface area contributed by atoms with Crippen LogP contribution in [0.4, 0.5) is 0 Å². The number of hydrogen-bond donors (Lipinski definition) is 0. The first kappa shape index (κ1) is 15.0. The third-order valence-electron chi connectivity index (χ3n) is 4.14. The number of rotatable bonds is 5. The zero-order chi connectivity index (χ0) is 15.4. The van der Waals surface area contributed by atoms with Gasteiger partial charge in [0.1, 0.15) is 12.4 Å². The van der Waals surface area contributed by atoms with Gasteiger partial charge in [-0.1, -0.05) is 31.9 Å². The fourth-order valence-corrected chi connectivity index (χ4v) is 2.96. The number of methoxy groups -OCH3 is 1. The molecule has 5 heteroatoms. The fraction of sp³-hybridized carbons (Fsp3) is 0.529. The highest BCUT2D eigenvalue weighted by Gasteiger charge is 2.20. The molecule has 118 valence electrons. The molecular formula is C17H22N2O3. The first-order valence-electron chi connectivity index (χ1n) is 7.83. The first-order chi connectivity index (χ1) is 10.8. The monoisotopic (exact) mass is 302 g/mol. The standard InChI is InChI=1S/C17H22N2O3/c1-12-6-5-7-13(10-12)21-11-16-18-19-17(22-16)14-8-3-4-9-15(14)20-2/h3-4,8-9,12-13H,5-7,10-11H2,1-2H3. The van der Waals surface area contributed by atoms with Gasteiger partial charge in [-0.15, -0.1) is 10.2 Å². The van der Waals surface area contributed by atoms with E-state index in [-0.39, 0.29) is 0 Å². The van der Waals surface area contributed by atoms with Crippen molar-refractivity contribution in [1.82, 2.24) is 10.2 Å². The van der Waals surface area contributed by atoms with Gasteiger partial charge in [-0.3, -0.25) is 0 Å². The van der Waals surface area contributed by atoms with E-state index in [9.17, 15) is 0 Å². The van der Waals surface area contributed by atoms with E-state index in [4.69, 9.17) is 13.9 Å². The van der Waals surface area contributed by atoms with Crippen molar-refractivity contribution in [2.75, 3.05) is 7.11 Å². The summed E-state index contributed by atoms with van der Waals surface area (Å²) in [5, 5.41) is 8.17. The molecule has 1 aromatic carbocycles. The van der Waals surface area contributed by atoms with Gasteiger partial charge in [0.15, 0.2) is 0 Å². The molecule has 3 rings (SSSR count). The van der Waals surface area contributed by atoms with Crippen LogP contribution in [0.3, 0.4) is 0 Å². The molecule has 5 nitrogen and oxygen atoms in total. The summed E-state index contributed by atoms with van der Waals surface area (Å²) in [5.74, 6) is 2.44. The molecule has 22 heavy (non-hydrogen) atoms. The average molecular weight is 302 g/mol. The minimum atomic E-state index is 0.311. The Morgan fingerprint density at radius 3 is 2.91 bits per heavy atom. The molecular weight excluding hydrogens is 280 g/mol. The molecule has 1 aliphatic rings. The van der Waals surface area contributed by atoms with Crippen LogP contribution in [-0.2, 0) is 11.3 Å². The number of nitrogens with zero attached hydrogens (tertiary/aromatic N) is 2. The Balaban J connectivity index is 1.64. The second-order valence-corrected chi connectivity index (χ2v) is 5.91. The van der Waals surface area contributed by atoms with Crippen LogP contribution < -0.4 is 4.74 Å². The van der Waals surface area contributed by atoms with Gasteiger partial charge in [0.25, 0.3) is 5.89 Å². The molecule has 0 spiro atoms. The Hall–Kier alpha value is -1.88. The largest absolute Gasteiger partial charge is 0.496 e. The zero-order valence-electron chi connectivity index (χ0n) is 13.1. The van der Waals surface area contributed by atoms with E-state index in [1.54, 1.807) is 7.11 Å². The van der Waals surface area contributed by atoms with E-state index in [1.165, 1.54) is 12.8 Å². The molecule has 2 aromatic rings. The summed E-state index contributed by atoms with van der Waals surface area (Å²) in [4.78, 5) is 0. The van der Waals surface area contributed by atoms with E-state index in [0.29, 0.717) is 24.5 Å². The van der Waals surface area contributed by atoms with Crippen LogP contribution in [0.25, 0.3) is 11.5 Å². The smallest absolute Gasteiger partial charge is 0.251 e. The average Bonchev–Trinajstić information content (AvgIpc) is 3.02. The Morgan fingerprint density at radius 1 is 1.23 bits per heavy atom. The number of para-hydroxylation sites is 1. The van der Waals surface area contributed by atoms with Crippen molar-refractivity contribution in [3.8, 4) is 17.2 Å². The molecule has 1 fully saturated rings. The lowest BCUT2D eigenvalue weighted by molar-refractivity contribution is -0.00444. The predicted molar refractivity (Wildman–Crippen MR) is 82.5 cm³/mol. The summed E-state index contributed by atoms with van der Waals surface area (Å²) in [6, 6.07) is 7.60. The van der Waals surface area contributed by atoms with E-state index in [0.717, 1.165) is 30.1 Å². The van der Waals surface area contributed by atoms with Crippen molar-refractivity contribution in [1.29, 1.82) is 0 Å². The molecule has 1 aliphatic carbocycles. The summed E-state index contributed by atoms with van der Waals surface area (Å²) >= 11 is 0. The van der Waals surface area contributed by atoms with E-state index in [2.05, 4.69) is 17.1 Å². The lowest BCUT2D eigenvalue weighted by Gasteiger charge is -2.26. The maximum atomic E-state index is 5.92. The van der Waals surface area contributed by atoms with E-state index < -0.39 is 0 Å². The van der Waals surface area contributed by atoms with E-state index >= 15 is 0 Å². The normalized spacial score (nSPS) is 21.7. The van der Waals surface area contributed by atoms with Crippen LogP contribution in [0.15, 0.2) is 28.7 Å². The molecule has 0 N–H and O–H groups in total. The van der Waals surface area contributed by atoms with Crippen molar-refractivity contribution in [2.24, 2.45) is 5.92 Å². The molecule has 0 aliphatic heterocycles. The SMILES string of the molecule is COc1ccccc1-c1nnc(COC2CCCC(C)C2)o1. The highest BCUT2D eigenvalue weighted by atomic mass is 16.5. The summed E-state index contributed by atoms with van der Waals surface area (Å²) in [7, 11) is 1.63. The van der Waals surface area contributed by atoms with Crippen molar-refractivity contribution < 1.29 is 13.9 Å². The summed E-state index contributed by atoms with van der Waals surface area (Å²) in [6.07, 6.45) is 5.09. The maximum absolute atomic E-state index is 5.92. The molecule has 0 bridgehead atoms. The van der Waals surface area contributed by atoms with Crippen molar-refractivity contribution in [3.05, 3.63) is 30.2 Å². The van der Waals surface area contributed by atoms with Crippen LogP contribution in [0.5, 0.6) is 5.75 Å². The van der Waals surface area contributed by atoms with Gasteiger partial charge in [-0.25, -0.2) is 0 Å². The van der Waals surface area contributed by atoms with Gasteiger partial charge in [-0.05, 0) is 30.9 Å². The van der Waals surface area contributed by atoms with Crippen molar-refractivity contribution in [3.63, 3.8) is 0 Å². The molecule has 1 saturated carbocycles. The van der Waals surface area contributed by atoms with E-state index in [1.807, 2.05) is 24.3 Å². The summed E-state index contributed by atoms with van der Waals surface area (Å²) in [6.45, 7) is 2.65. The molecule has 0 amide bonds. The number of hydrogen-bond acceptors (Lipinski definition) is 5. The Labute approximate surface area is 130 Å². The summed E-state index contributed by atoms with van der Waals surface area (Å²) in [5.41, 5.74) is 0.801. The third-order valence-corrected chi connectivity index (χ3v) is 4.14. The van der Waals surface area contributed by atoms with Crippen molar-refractivity contribution >= 4 is 0 Å². The Bertz CT molecular complexity index is 611. The molecule has 2 atom stereocenters. The molecule has 2 unspecified atom stereocenters. The van der Waals surface area contributed by atoms with Gasteiger partial charge in [0, 0.05) is 0 Å². The lowest BCUT2D eigenvalue weighted by Crippen LogP contribution is -2.21. The number of ether oxygens (including phenoxy) is 2. The minimum Gasteiger partial charge on any atom is -0.496 e. The summed E-state index contributed by atoms with van der Waals surface area (Å²) < 4.78 is 16.9. The third kappa shape index (κ3) is 3.47. The van der Waals surface area contributed by atoms with Gasteiger partial charge >= 0.3 is 0 Å². The molecule has 0 radical (unpaired) electrons. The predicted octanol–water partition coefficient (Wildman–Crippen LogP) is 3.84. The highest BCUT2D eigenvalue weighted by Crippen LogP contribution is 2.29. The van der Waals surface area contributed by atoms with Crippen LogP contribution in [-0.4, -0.2) is 23.4 Å². The maximum Gasteiger partial charge on any atom is 0.251 e. The van der Waals surface area contributed by atoms with Crippen LogP contribution >= 0.6 is 0 Å². The lowest BCUT2D eigenvalue weighted by atomic mass is 9.89. The van der Waals surface area contributed by atoms with Gasteiger partial charge in [0.05, 0.1) is 18.8 Å². The second-order valence-electron chi connectivity index (χ2n) is 5.91. The number of aromatic nitrogens is 2. The van der Waals surface area contributed by atoms with Gasteiger partial charge in [0.2, 0.25) is 5.89 Å². The first-order valence-corrected chi connectivity index (χ1v) is 7.83. The quantitative estimate of drug-likeness (QED) is 0.840. The number of benzene rings is 1. The van der Waals surface area contributed by atoms with Crippen LogP contribution in [0, 0.1) is 5.92 Å². The van der Waals surface area contributed by atoms with Gasteiger partial charge in [-0.2, -0.15) is 0 Å². The minimum absolute atomic E-state index is 0.311. The van der Waals surface area contributed by atoms with Gasteiger partial charge < -0.3 is 13.9 Å². The molecule has 1 aromatic heterocycles. The Kier molecular flexibility index (Phi) is 4.73. The molecule has 1 heterocycles. The van der Waals surface area contributed by atoms with Crippen molar-refractivity contribution in [2.45, 2.75) is 45.3 Å². The Morgan fingerprint density at radius 2 is 2.09 bits per heavy atom. The zero-order valence-corrected chi connectivity index (χ0v) is 13.1. The van der Waals surface area contributed by atoms with Crippen LogP contribution in [0.1, 0.15) is 38.5 Å².